The van der Waals surface area contributed by atoms with E-state index in [4.69, 9.17) is 0 Å². The minimum absolute atomic E-state index is 0.834. The van der Waals surface area contributed by atoms with Crippen LogP contribution in [0.1, 0.15) is 11.1 Å². The SMILES string of the molecule is Cc1ccc(-c2nnc(SCc3cccc4ccccc34)n2-c2ccccc2)cc1. The zero-order valence-electron chi connectivity index (χ0n) is 16.7. The van der Waals surface area contributed by atoms with Crippen LogP contribution < -0.4 is 0 Å². The minimum Gasteiger partial charge on any atom is -0.270 e. The second-order valence-electron chi connectivity index (χ2n) is 7.27. The monoisotopic (exact) mass is 407 g/mol. The Labute approximate surface area is 180 Å². The number of nitrogens with zero attached hydrogens (tertiary/aromatic N) is 3. The highest BCUT2D eigenvalue weighted by atomic mass is 32.2. The Bertz CT molecular complexity index is 1290. The Morgan fingerprint density at radius 1 is 0.733 bits per heavy atom. The Morgan fingerprint density at radius 3 is 2.30 bits per heavy atom. The average molecular weight is 408 g/mol. The lowest BCUT2D eigenvalue weighted by atomic mass is 10.1. The molecule has 1 aromatic heterocycles. The highest BCUT2D eigenvalue weighted by molar-refractivity contribution is 7.98. The molecule has 5 aromatic rings. The summed E-state index contributed by atoms with van der Waals surface area (Å²) in [5.74, 6) is 1.70. The van der Waals surface area contributed by atoms with Crippen LogP contribution in [0.2, 0.25) is 0 Å². The van der Waals surface area contributed by atoms with Gasteiger partial charge in [0.25, 0.3) is 0 Å². The fourth-order valence-corrected chi connectivity index (χ4v) is 4.58. The van der Waals surface area contributed by atoms with Crippen LogP contribution in [-0.4, -0.2) is 14.8 Å². The second kappa shape index (κ2) is 8.17. The molecule has 30 heavy (non-hydrogen) atoms. The van der Waals surface area contributed by atoms with Gasteiger partial charge in [-0.25, -0.2) is 0 Å². The third kappa shape index (κ3) is 3.62. The molecule has 0 saturated carbocycles. The van der Waals surface area contributed by atoms with E-state index < -0.39 is 0 Å². The zero-order chi connectivity index (χ0) is 20.3. The molecule has 0 spiro atoms. The normalized spacial score (nSPS) is 11.1. The molecule has 5 rings (SSSR count). The Morgan fingerprint density at radius 2 is 1.47 bits per heavy atom. The van der Waals surface area contributed by atoms with Gasteiger partial charge in [-0.3, -0.25) is 4.57 Å². The van der Waals surface area contributed by atoms with Gasteiger partial charge in [-0.05, 0) is 35.4 Å². The van der Waals surface area contributed by atoms with Crippen molar-refractivity contribution in [2.45, 2.75) is 17.8 Å². The standard InChI is InChI=1S/C26H21N3S/c1-19-14-16-21(17-15-19)25-27-28-26(29(25)23-11-3-2-4-12-23)30-18-22-10-7-9-20-8-5-6-13-24(20)22/h2-17H,18H2,1H3. The van der Waals surface area contributed by atoms with E-state index in [1.54, 1.807) is 11.8 Å². The number of rotatable bonds is 5. The summed E-state index contributed by atoms with van der Waals surface area (Å²) in [4.78, 5) is 0. The summed E-state index contributed by atoms with van der Waals surface area (Å²) in [7, 11) is 0. The molecule has 4 heteroatoms. The molecule has 0 N–H and O–H groups in total. The number of hydrogen-bond acceptors (Lipinski definition) is 3. The van der Waals surface area contributed by atoms with Gasteiger partial charge >= 0.3 is 0 Å². The summed E-state index contributed by atoms with van der Waals surface area (Å²) in [6.45, 7) is 2.09. The topological polar surface area (TPSA) is 30.7 Å². The first-order chi connectivity index (χ1) is 14.8. The van der Waals surface area contributed by atoms with Crippen molar-refractivity contribution < 1.29 is 0 Å². The van der Waals surface area contributed by atoms with E-state index in [-0.39, 0.29) is 0 Å². The van der Waals surface area contributed by atoms with Crippen molar-refractivity contribution in [3.05, 3.63) is 108 Å². The molecule has 0 aliphatic carbocycles. The number of aromatic nitrogens is 3. The predicted molar refractivity (Wildman–Crippen MR) is 125 cm³/mol. The number of para-hydroxylation sites is 1. The lowest BCUT2D eigenvalue weighted by molar-refractivity contribution is 0.886. The van der Waals surface area contributed by atoms with Crippen LogP contribution in [0.5, 0.6) is 0 Å². The molecule has 3 nitrogen and oxygen atoms in total. The van der Waals surface area contributed by atoms with Gasteiger partial charge in [-0.2, -0.15) is 0 Å². The van der Waals surface area contributed by atoms with E-state index >= 15 is 0 Å². The molecule has 146 valence electrons. The van der Waals surface area contributed by atoms with Crippen molar-refractivity contribution in [3.8, 4) is 17.1 Å². The van der Waals surface area contributed by atoms with Crippen LogP contribution in [0.15, 0.2) is 102 Å². The fourth-order valence-electron chi connectivity index (χ4n) is 3.62. The van der Waals surface area contributed by atoms with Crippen LogP contribution in [-0.2, 0) is 5.75 Å². The van der Waals surface area contributed by atoms with E-state index in [0.29, 0.717) is 0 Å². The Balaban J connectivity index is 1.54. The molecular formula is C26H21N3S. The maximum Gasteiger partial charge on any atom is 0.196 e. The summed E-state index contributed by atoms with van der Waals surface area (Å²) in [5, 5.41) is 12.6. The van der Waals surface area contributed by atoms with Crippen molar-refractivity contribution in [2.24, 2.45) is 0 Å². The smallest absolute Gasteiger partial charge is 0.196 e. The first-order valence-electron chi connectivity index (χ1n) is 9.97. The van der Waals surface area contributed by atoms with Crippen LogP contribution in [0.4, 0.5) is 0 Å². The summed E-state index contributed by atoms with van der Waals surface area (Å²) >= 11 is 1.72. The second-order valence-corrected chi connectivity index (χ2v) is 8.21. The van der Waals surface area contributed by atoms with E-state index in [9.17, 15) is 0 Å². The molecule has 0 amide bonds. The third-order valence-electron chi connectivity index (χ3n) is 5.19. The zero-order valence-corrected chi connectivity index (χ0v) is 17.5. The number of fused-ring (bicyclic) bond motifs is 1. The van der Waals surface area contributed by atoms with E-state index in [1.807, 2.05) is 18.2 Å². The number of benzene rings is 4. The summed E-state index contributed by atoms with van der Waals surface area (Å²) in [6.07, 6.45) is 0. The van der Waals surface area contributed by atoms with Gasteiger partial charge in [-0.1, -0.05) is 102 Å². The van der Waals surface area contributed by atoms with Crippen LogP contribution in [0, 0.1) is 6.92 Å². The largest absolute Gasteiger partial charge is 0.270 e. The van der Waals surface area contributed by atoms with E-state index in [1.165, 1.54) is 21.9 Å². The van der Waals surface area contributed by atoms with Crippen molar-refractivity contribution in [2.75, 3.05) is 0 Å². The van der Waals surface area contributed by atoms with Gasteiger partial charge < -0.3 is 0 Å². The third-order valence-corrected chi connectivity index (χ3v) is 6.17. The number of thioether (sulfide) groups is 1. The van der Waals surface area contributed by atoms with E-state index in [0.717, 1.165) is 28.0 Å². The molecule has 0 aliphatic heterocycles. The molecule has 0 aliphatic rings. The molecular weight excluding hydrogens is 386 g/mol. The molecule has 0 atom stereocenters. The predicted octanol–water partition coefficient (Wildman–Crippen LogP) is 6.69. The van der Waals surface area contributed by atoms with Crippen LogP contribution in [0.3, 0.4) is 0 Å². The fraction of sp³-hybridized carbons (Fsp3) is 0.0769. The van der Waals surface area contributed by atoms with Crippen molar-refractivity contribution in [1.29, 1.82) is 0 Å². The summed E-state index contributed by atoms with van der Waals surface area (Å²) < 4.78 is 2.15. The first-order valence-corrected chi connectivity index (χ1v) is 11.0. The molecule has 0 unspecified atom stereocenters. The molecule has 4 aromatic carbocycles. The van der Waals surface area contributed by atoms with Crippen molar-refractivity contribution >= 4 is 22.5 Å². The molecule has 1 heterocycles. The molecule has 0 radical (unpaired) electrons. The first kappa shape index (κ1) is 18.6. The Hall–Kier alpha value is -3.37. The van der Waals surface area contributed by atoms with Gasteiger partial charge in [-0.15, -0.1) is 10.2 Å². The summed E-state index contributed by atoms with van der Waals surface area (Å²) in [5.41, 5.74) is 4.67. The van der Waals surface area contributed by atoms with Gasteiger partial charge in [0.2, 0.25) is 0 Å². The van der Waals surface area contributed by atoms with Gasteiger partial charge in [0, 0.05) is 17.0 Å². The summed E-state index contributed by atoms with van der Waals surface area (Å²) in [6, 6.07) is 33.8. The lowest BCUT2D eigenvalue weighted by Gasteiger charge is -2.11. The van der Waals surface area contributed by atoms with Gasteiger partial charge in [0.1, 0.15) is 0 Å². The molecule has 0 bridgehead atoms. The minimum atomic E-state index is 0.834. The quantitative estimate of drug-likeness (QED) is 0.304. The van der Waals surface area contributed by atoms with Crippen LogP contribution >= 0.6 is 11.8 Å². The van der Waals surface area contributed by atoms with Crippen LogP contribution in [0.25, 0.3) is 27.8 Å². The van der Waals surface area contributed by atoms with Crippen molar-refractivity contribution in [1.82, 2.24) is 14.8 Å². The van der Waals surface area contributed by atoms with E-state index in [2.05, 4.69) is 101 Å². The molecule has 0 fully saturated rings. The van der Waals surface area contributed by atoms with Crippen molar-refractivity contribution in [3.63, 3.8) is 0 Å². The number of aryl methyl sites for hydroxylation is 1. The Kier molecular flexibility index (Phi) is 5.08. The maximum atomic E-state index is 4.56. The van der Waals surface area contributed by atoms with Gasteiger partial charge in [0.05, 0.1) is 0 Å². The van der Waals surface area contributed by atoms with Gasteiger partial charge in [0.15, 0.2) is 11.0 Å². The average Bonchev–Trinajstić information content (AvgIpc) is 3.22. The lowest BCUT2D eigenvalue weighted by Crippen LogP contribution is -1.99. The molecule has 0 saturated heterocycles. The highest BCUT2D eigenvalue weighted by Crippen LogP contribution is 2.31. The highest BCUT2D eigenvalue weighted by Gasteiger charge is 2.16. The maximum absolute atomic E-state index is 4.56. The number of hydrogen-bond donors (Lipinski definition) is 0.